The van der Waals surface area contributed by atoms with Crippen LogP contribution in [0.25, 0.3) is 0 Å². The van der Waals surface area contributed by atoms with Crippen molar-refractivity contribution in [2.45, 2.75) is 20.8 Å². The highest BCUT2D eigenvalue weighted by atomic mass is 16.5. The van der Waals surface area contributed by atoms with Gasteiger partial charge in [0.15, 0.2) is 17.3 Å². The van der Waals surface area contributed by atoms with Gasteiger partial charge in [0.2, 0.25) is 5.75 Å². The van der Waals surface area contributed by atoms with Crippen molar-refractivity contribution < 1.29 is 28.2 Å². The molecule has 1 aromatic heterocycles. The molecule has 2 heterocycles. The molecule has 0 bridgehead atoms. The first kappa shape index (κ1) is 22.3. The fourth-order valence-electron chi connectivity index (χ4n) is 3.33. The van der Waals surface area contributed by atoms with E-state index in [1.807, 2.05) is 20.8 Å². The molecule has 0 saturated carbocycles. The third kappa shape index (κ3) is 5.42. The van der Waals surface area contributed by atoms with E-state index in [1.54, 1.807) is 34.1 Å². The summed E-state index contributed by atoms with van der Waals surface area (Å²) >= 11 is 0. The van der Waals surface area contributed by atoms with Gasteiger partial charge in [0.1, 0.15) is 0 Å². The van der Waals surface area contributed by atoms with E-state index >= 15 is 0 Å². The Bertz CT molecular complexity index is 848. The lowest BCUT2D eigenvalue weighted by atomic mass is 10.2. The summed E-state index contributed by atoms with van der Waals surface area (Å²) in [7, 11) is 0. The maximum atomic E-state index is 12.8. The zero-order chi connectivity index (χ0) is 22.2. The zero-order valence-corrected chi connectivity index (χ0v) is 18.2. The topological polar surface area (TPSA) is 93.5 Å². The zero-order valence-electron chi connectivity index (χ0n) is 18.2. The molecule has 0 aliphatic carbocycles. The first-order valence-corrected chi connectivity index (χ1v) is 10.5. The maximum absolute atomic E-state index is 12.8. The van der Waals surface area contributed by atoms with Gasteiger partial charge in [0.05, 0.1) is 31.8 Å². The van der Waals surface area contributed by atoms with E-state index in [0.717, 1.165) is 0 Å². The molecule has 168 valence electrons. The lowest BCUT2D eigenvalue weighted by Gasteiger charge is -2.34. The van der Waals surface area contributed by atoms with Gasteiger partial charge < -0.3 is 33.7 Å². The predicted molar refractivity (Wildman–Crippen MR) is 115 cm³/mol. The summed E-state index contributed by atoms with van der Waals surface area (Å²) in [6, 6.07) is 6.52. The lowest BCUT2D eigenvalue weighted by molar-refractivity contribution is 0.0640. The number of rotatable bonds is 8. The van der Waals surface area contributed by atoms with Crippen LogP contribution < -0.4 is 19.5 Å². The Labute approximate surface area is 181 Å². The third-order valence-electron chi connectivity index (χ3n) is 4.75. The second-order valence-corrected chi connectivity index (χ2v) is 6.79. The second kappa shape index (κ2) is 10.6. The van der Waals surface area contributed by atoms with Crippen molar-refractivity contribution >= 4 is 17.6 Å². The average Bonchev–Trinajstić information content (AvgIpc) is 3.31. The third-order valence-corrected chi connectivity index (χ3v) is 4.75. The Morgan fingerprint density at radius 3 is 2.03 bits per heavy atom. The van der Waals surface area contributed by atoms with Crippen molar-refractivity contribution in [3.05, 3.63) is 36.3 Å². The van der Waals surface area contributed by atoms with Crippen LogP contribution in [0.1, 0.15) is 31.3 Å². The molecule has 0 unspecified atom stereocenters. The SMILES string of the molecule is CCOc1cc(NC(=O)N2CCN(C(=O)c3ccco3)CC2)cc(OCC)c1OCC. The van der Waals surface area contributed by atoms with Gasteiger partial charge in [-0.25, -0.2) is 4.79 Å². The number of urea groups is 1. The molecule has 2 aromatic rings. The number of nitrogens with one attached hydrogen (secondary N) is 1. The highest BCUT2D eigenvalue weighted by Crippen LogP contribution is 2.40. The van der Waals surface area contributed by atoms with Gasteiger partial charge in [0.25, 0.3) is 5.91 Å². The van der Waals surface area contributed by atoms with Gasteiger partial charge in [-0.15, -0.1) is 0 Å². The standard InChI is InChI=1S/C22H29N3O6/c1-4-28-18-14-16(15-19(29-5-2)20(18)30-6-3)23-22(27)25-11-9-24(10-12-25)21(26)17-8-7-13-31-17/h7-8,13-15H,4-6,9-12H2,1-3H3,(H,23,27). The molecule has 9 nitrogen and oxygen atoms in total. The number of benzene rings is 1. The van der Waals surface area contributed by atoms with Gasteiger partial charge in [-0.1, -0.05) is 0 Å². The van der Waals surface area contributed by atoms with Gasteiger partial charge >= 0.3 is 6.03 Å². The minimum absolute atomic E-state index is 0.167. The van der Waals surface area contributed by atoms with Crippen LogP contribution in [-0.2, 0) is 0 Å². The molecule has 1 aromatic carbocycles. The van der Waals surface area contributed by atoms with Crippen molar-refractivity contribution in [1.29, 1.82) is 0 Å². The minimum atomic E-state index is -0.251. The number of ether oxygens (including phenoxy) is 3. The molecule has 1 aliphatic rings. The van der Waals surface area contributed by atoms with E-state index in [-0.39, 0.29) is 11.9 Å². The fraction of sp³-hybridized carbons (Fsp3) is 0.455. The fourth-order valence-corrected chi connectivity index (χ4v) is 3.33. The number of anilines is 1. The summed E-state index contributed by atoms with van der Waals surface area (Å²) in [5.74, 6) is 1.69. The van der Waals surface area contributed by atoms with Gasteiger partial charge in [0, 0.05) is 38.3 Å². The van der Waals surface area contributed by atoms with Crippen molar-refractivity contribution in [1.82, 2.24) is 9.80 Å². The lowest BCUT2D eigenvalue weighted by Crippen LogP contribution is -2.51. The van der Waals surface area contributed by atoms with E-state index in [2.05, 4.69) is 5.32 Å². The average molecular weight is 431 g/mol. The first-order valence-electron chi connectivity index (χ1n) is 10.5. The summed E-state index contributed by atoms with van der Waals surface area (Å²) in [6.07, 6.45) is 1.47. The summed E-state index contributed by atoms with van der Waals surface area (Å²) in [6.45, 7) is 8.73. The van der Waals surface area contributed by atoms with Crippen molar-refractivity contribution in [2.75, 3.05) is 51.3 Å². The molecule has 0 radical (unpaired) electrons. The van der Waals surface area contributed by atoms with Crippen LogP contribution in [0.2, 0.25) is 0 Å². The molecule has 3 amide bonds. The minimum Gasteiger partial charge on any atom is -0.490 e. The van der Waals surface area contributed by atoms with Crippen molar-refractivity contribution in [2.24, 2.45) is 0 Å². The first-order chi connectivity index (χ1) is 15.1. The van der Waals surface area contributed by atoms with Gasteiger partial charge in [-0.2, -0.15) is 0 Å². The Morgan fingerprint density at radius 2 is 1.52 bits per heavy atom. The molecule has 1 saturated heterocycles. The predicted octanol–water partition coefficient (Wildman–Crippen LogP) is 3.47. The van der Waals surface area contributed by atoms with E-state index < -0.39 is 0 Å². The van der Waals surface area contributed by atoms with Crippen molar-refractivity contribution in [3.63, 3.8) is 0 Å². The quantitative estimate of drug-likeness (QED) is 0.688. The number of hydrogen-bond acceptors (Lipinski definition) is 6. The monoisotopic (exact) mass is 431 g/mol. The summed E-state index contributed by atoms with van der Waals surface area (Å²) in [5.41, 5.74) is 0.550. The number of furan rings is 1. The number of piperazine rings is 1. The van der Waals surface area contributed by atoms with Crippen LogP contribution in [0.5, 0.6) is 17.2 Å². The van der Waals surface area contributed by atoms with Crippen LogP contribution in [0.15, 0.2) is 34.9 Å². The van der Waals surface area contributed by atoms with E-state index in [4.69, 9.17) is 18.6 Å². The molecule has 31 heavy (non-hydrogen) atoms. The molecular weight excluding hydrogens is 402 g/mol. The van der Waals surface area contributed by atoms with Gasteiger partial charge in [-0.3, -0.25) is 4.79 Å². The smallest absolute Gasteiger partial charge is 0.321 e. The maximum Gasteiger partial charge on any atom is 0.321 e. The van der Waals surface area contributed by atoms with E-state index in [0.29, 0.717) is 74.7 Å². The Hall–Kier alpha value is -3.36. The molecule has 9 heteroatoms. The van der Waals surface area contributed by atoms with Crippen LogP contribution in [0.4, 0.5) is 10.5 Å². The molecule has 1 fully saturated rings. The molecule has 0 atom stereocenters. The molecule has 1 aliphatic heterocycles. The number of carbonyl (C=O) groups excluding carboxylic acids is 2. The van der Waals surface area contributed by atoms with Crippen LogP contribution in [0, 0.1) is 0 Å². The highest BCUT2D eigenvalue weighted by Gasteiger charge is 2.26. The van der Waals surface area contributed by atoms with Gasteiger partial charge in [-0.05, 0) is 32.9 Å². The van der Waals surface area contributed by atoms with E-state index in [1.165, 1.54) is 6.26 Å². The number of nitrogens with zero attached hydrogens (tertiary/aromatic N) is 2. The normalized spacial score (nSPS) is 13.6. The second-order valence-electron chi connectivity index (χ2n) is 6.79. The summed E-state index contributed by atoms with van der Waals surface area (Å²) < 4.78 is 22.3. The Balaban J connectivity index is 1.66. The van der Waals surface area contributed by atoms with Crippen LogP contribution in [-0.4, -0.2) is 67.7 Å². The largest absolute Gasteiger partial charge is 0.490 e. The number of amides is 3. The molecule has 1 N–H and O–H groups in total. The Kier molecular flexibility index (Phi) is 7.64. The van der Waals surface area contributed by atoms with Crippen LogP contribution in [0.3, 0.4) is 0 Å². The molecule has 3 rings (SSSR count). The number of hydrogen-bond donors (Lipinski definition) is 1. The molecular formula is C22H29N3O6. The van der Waals surface area contributed by atoms with Crippen molar-refractivity contribution in [3.8, 4) is 17.2 Å². The summed E-state index contributed by atoms with van der Waals surface area (Å²) in [4.78, 5) is 28.5. The summed E-state index contributed by atoms with van der Waals surface area (Å²) in [5, 5.41) is 2.90. The highest BCUT2D eigenvalue weighted by molar-refractivity contribution is 5.92. The van der Waals surface area contributed by atoms with Crippen LogP contribution >= 0.6 is 0 Å². The Morgan fingerprint density at radius 1 is 0.935 bits per heavy atom. The molecule has 0 spiro atoms. The van der Waals surface area contributed by atoms with E-state index in [9.17, 15) is 9.59 Å². The number of carbonyl (C=O) groups is 2.